The van der Waals surface area contributed by atoms with E-state index in [-0.39, 0.29) is 0 Å². The SMILES string of the molecule is COc1cc(CN2C(=O)C(=O)c3cccc(C)c32)ccc1OCCC(C)C. The molecule has 0 saturated carbocycles. The summed E-state index contributed by atoms with van der Waals surface area (Å²) in [5, 5.41) is 0. The molecule has 1 amide bonds. The van der Waals surface area contributed by atoms with Gasteiger partial charge in [0, 0.05) is 0 Å². The Labute approximate surface area is 159 Å². The van der Waals surface area contributed by atoms with Crippen molar-refractivity contribution in [2.75, 3.05) is 18.6 Å². The van der Waals surface area contributed by atoms with E-state index in [1.165, 1.54) is 0 Å². The minimum absolute atomic E-state index is 0.311. The largest absolute Gasteiger partial charge is 0.493 e. The zero-order valence-corrected chi connectivity index (χ0v) is 16.2. The molecule has 142 valence electrons. The molecule has 0 atom stereocenters. The zero-order valence-electron chi connectivity index (χ0n) is 16.2. The van der Waals surface area contributed by atoms with Crippen LogP contribution in [0.15, 0.2) is 36.4 Å². The summed E-state index contributed by atoms with van der Waals surface area (Å²) in [4.78, 5) is 26.3. The number of amides is 1. The Kier molecular flexibility index (Phi) is 5.49. The predicted molar refractivity (Wildman–Crippen MR) is 105 cm³/mol. The number of benzene rings is 2. The van der Waals surface area contributed by atoms with Crippen molar-refractivity contribution in [1.82, 2.24) is 0 Å². The smallest absolute Gasteiger partial charge is 0.299 e. The first kappa shape index (κ1) is 19.0. The second-order valence-corrected chi connectivity index (χ2v) is 7.21. The molecule has 1 aliphatic rings. The number of ether oxygens (including phenoxy) is 2. The van der Waals surface area contributed by atoms with Crippen molar-refractivity contribution in [2.24, 2.45) is 5.92 Å². The first-order chi connectivity index (χ1) is 12.9. The summed E-state index contributed by atoms with van der Waals surface area (Å²) in [6.07, 6.45) is 0.964. The van der Waals surface area contributed by atoms with Gasteiger partial charge in [-0.1, -0.05) is 32.0 Å². The van der Waals surface area contributed by atoms with Crippen LogP contribution in [0.2, 0.25) is 0 Å². The van der Waals surface area contributed by atoms with Gasteiger partial charge in [-0.05, 0) is 48.6 Å². The number of nitrogens with zero attached hydrogens (tertiary/aromatic N) is 1. The summed E-state index contributed by atoms with van der Waals surface area (Å²) in [7, 11) is 1.60. The number of para-hydroxylation sites is 1. The second kappa shape index (κ2) is 7.82. The van der Waals surface area contributed by atoms with Crippen molar-refractivity contribution < 1.29 is 19.1 Å². The fourth-order valence-electron chi connectivity index (χ4n) is 3.21. The lowest BCUT2D eigenvalue weighted by atomic mass is 10.1. The number of carbonyl (C=O) groups excluding carboxylic acids is 2. The predicted octanol–water partition coefficient (Wildman–Crippen LogP) is 4.16. The van der Waals surface area contributed by atoms with Crippen LogP contribution in [0.3, 0.4) is 0 Å². The molecular weight excluding hydrogens is 342 g/mol. The van der Waals surface area contributed by atoms with Crippen LogP contribution in [0, 0.1) is 12.8 Å². The van der Waals surface area contributed by atoms with Crippen LogP contribution in [-0.4, -0.2) is 25.4 Å². The fourth-order valence-corrected chi connectivity index (χ4v) is 3.21. The monoisotopic (exact) mass is 367 g/mol. The molecule has 2 aromatic rings. The standard InChI is InChI=1S/C22H25NO4/c1-14(2)10-11-27-18-9-8-16(12-19(18)26-4)13-23-20-15(3)6-5-7-17(20)21(24)22(23)25/h5-9,12,14H,10-11,13H2,1-4H3. The molecule has 27 heavy (non-hydrogen) atoms. The van der Waals surface area contributed by atoms with Crippen molar-refractivity contribution in [3.8, 4) is 11.5 Å². The maximum atomic E-state index is 12.5. The Morgan fingerprint density at radius 1 is 1.07 bits per heavy atom. The number of hydrogen-bond donors (Lipinski definition) is 0. The van der Waals surface area contributed by atoms with Crippen LogP contribution in [-0.2, 0) is 11.3 Å². The van der Waals surface area contributed by atoms with E-state index in [1.807, 2.05) is 31.2 Å². The molecular formula is C22H25NO4. The van der Waals surface area contributed by atoms with Crippen molar-refractivity contribution in [3.63, 3.8) is 0 Å². The molecule has 3 rings (SSSR count). The summed E-state index contributed by atoms with van der Waals surface area (Å²) in [5.41, 5.74) is 2.96. The number of hydrogen-bond acceptors (Lipinski definition) is 4. The Balaban J connectivity index is 1.82. The van der Waals surface area contributed by atoms with Crippen LogP contribution < -0.4 is 14.4 Å². The van der Waals surface area contributed by atoms with Gasteiger partial charge in [0.05, 0.1) is 31.5 Å². The van der Waals surface area contributed by atoms with Crippen LogP contribution in [0.4, 0.5) is 5.69 Å². The molecule has 0 saturated heterocycles. The molecule has 1 heterocycles. The summed E-state index contributed by atoms with van der Waals surface area (Å²) < 4.78 is 11.3. The number of methoxy groups -OCH3 is 1. The topological polar surface area (TPSA) is 55.8 Å². The Bertz CT molecular complexity index is 873. The van der Waals surface area contributed by atoms with Crippen LogP contribution in [0.1, 0.15) is 41.8 Å². The molecule has 5 heteroatoms. The van der Waals surface area contributed by atoms with Crippen molar-refractivity contribution in [3.05, 3.63) is 53.1 Å². The quantitative estimate of drug-likeness (QED) is 0.690. The molecule has 0 fully saturated rings. The van der Waals surface area contributed by atoms with Gasteiger partial charge < -0.3 is 14.4 Å². The van der Waals surface area contributed by atoms with Gasteiger partial charge in [0.1, 0.15) is 0 Å². The van der Waals surface area contributed by atoms with Crippen LogP contribution in [0.5, 0.6) is 11.5 Å². The second-order valence-electron chi connectivity index (χ2n) is 7.21. The van der Waals surface area contributed by atoms with E-state index in [9.17, 15) is 9.59 Å². The van der Waals surface area contributed by atoms with E-state index in [4.69, 9.17) is 9.47 Å². The number of anilines is 1. The van der Waals surface area contributed by atoms with Gasteiger partial charge in [-0.3, -0.25) is 9.59 Å². The van der Waals surface area contributed by atoms with Crippen LogP contribution >= 0.6 is 0 Å². The Morgan fingerprint density at radius 3 is 2.56 bits per heavy atom. The highest BCUT2D eigenvalue weighted by Gasteiger charge is 2.36. The number of carbonyl (C=O) groups is 2. The third kappa shape index (κ3) is 3.82. The molecule has 0 N–H and O–H groups in total. The molecule has 1 aliphatic heterocycles. The molecule has 0 bridgehead atoms. The lowest BCUT2D eigenvalue weighted by Crippen LogP contribution is -2.29. The van der Waals surface area contributed by atoms with Gasteiger partial charge in [-0.25, -0.2) is 0 Å². The van der Waals surface area contributed by atoms with Crippen molar-refractivity contribution in [1.29, 1.82) is 0 Å². The summed E-state index contributed by atoms with van der Waals surface area (Å²) in [5.74, 6) is 0.934. The van der Waals surface area contributed by atoms with E-state index in [0.29, 0.717) is 41.8 Å². The molecule has 0 aromatic heterocycles. The van der Waals surface area contributed by atoms with E-state index < -0.39 is 11.7 Å². The van der Waals surface area contributed by atoms with E-state index in [1.54, 1.807) is 24.1 Å². The van der Waals surface area contributed by atoms with Gasteiger partial charge in [-0.15, -0.1) is 0 Å². The van der Waals surface area contributed by atoms with Crippen molar-refractivity contribution in [2.45, 2.75) is 33.7 Å². The van der Waals surface area contributed by atoms with Gasteiger partial charge in [0.15, 0.2) is 11.5 Å². The number of rotatable bonds is 7. The highest BCUT2D eigenvalue weighted by atomic mass is 16.5. The van der Waals surface area contributed by atoms with Crippen LogP contribution in [0.25, 0.3) is 0 Å². The highest BCUT2D eigenvalue weighted by Crippen LogP contribution is 2.35. The Morgan fingerprint density at radius 2 is 1.85 bits per heavy atom. The minimum atomic E-state index is -0.490. The molecule has 0 unspecified atom stereocenters. The first-order valence-corrected chi connectivity index (χ1v) is 9.18. The third-order valence-electron chi connectivity index (χ3n) is 4.71. The lowest BCUT2D eigenvalue weighted by molar-refractivity contribution is -0.114. The number of ketones is 1. The molecule has 2 aromatic carbocycles. The third-order valence-corrected chi connectivity index (χ3v) is 4.71. The maximum Gasteiger partial charge on any atom is 0.299 e. The average Bonchev–Trinajstić information content (AvgIpc) is 2.88. The van der Waals surface area contributed by atoms with Gasteiger partial charge >= 0.3 is 0 Å². The number of aryl methyl sites for hydroxylation is 1. The molecule has 0 radical (unpaired) electrons. The number of fused-ring (bicyclic) bond motifs is 1. The average molecular weight is 367 g/mol. The summed E-state index contributed by atoms with van der Waals surface area (Å²) >= 11 is 0. The fraction of sp³-hybridized carbons (Fsp3) is 0.364. The van der Waals surface area contributed by atoms with Gasteiger partial charge in [-0.2, -0.15) is 0 Å². The molecule has 5 nitrogen and oxygen atoms in total. The van der Waals surface area contributed by atoms with Gasteiger partial charge in [0.2, 0.25) is 0 Å². The highest BCUT2D eigenvalue weighted by molar-refractivity contribution is 6.52. The summed E-state index contributed by atoms with van der Waals surface area (Å²) in [6, 6.07) is 11.0. The zero-order chi connectivity index (χ0) is 19.6. The molecule has 0 aliphatic carbocycles. The lowest BCUT2D eigenvalue weighted by Gasteiger charge is -2.19. The first-order valence-electron chi connectivity index (χ1n) is 9.18. The maximum absolute atomic E-state index is 12.5. The van der Waals surface area contributed by atoms with Gasteiger partial charge in [0.25, 0.3) is 11.7 Å². The minimum Gasteiger partial charge on any atom is -0.493 e. The van der Waals surface area contributed by atoms with E-state index in [0.717, 1.165) is 17.5 Å². The normalized spacial score (nSPS) is 13.3. The van der Waals surface area contributed by atoms with E-state index >= 15 is 0 Å². The summed E-state index contributed by atoms with van der Waals surface area (Å²) in [6.45, 7) is 7.14. The number of Topliss-reactive ketones (excluding diaryl/α,β-unsaturated/α-hetero) is 1. The Hall–Kier alpha value is -2.82. The molecule has 0 spiro atoms. The van der Waals surface area contributed by atoms with Crippen molar-refractivity contribution >= 4 is 17.4 Å². The van der Waals surface area contributed by atoms with E-state index in [2.05, 4.69) is 13.8 Å².